The van der Waals surface area contributed by atoms with Crippen LogP contribution in [0.2, 0.25) is 10.0 Å². The molecule has 0 aromatic heterocycles. The number of hydrogen-bond acceptors (Lipinski definition) is 6. The highest BCUT2D eigenvalue weighted by atomic mass is 35.5. The summed E-state index contributed by atoms with van der Waals surface area (Å²) in [5.41, 5.74) is 4.05. The van der Waals surface area contributed by atoms with E-state index >= 15 is 0 Å². The molecule has 0 aliphatic rings. The molecule has 3 aromatic carbocycles. The van der Waals surface area contributed by atoms with Crippen LogP contribution in [-0.2, 0) is 16.2 Å². The number of halogens is 2. The average Bonchev–Trinajstić information content (AvgIpc) is 2.89. The number of nitrogens with zero attached hydrogens (tertiary/aromatic N) is 1. The minimum Gasteiger partial charge on any atom is -0.490 e. The summed E-state index contributed by atoms with van der Waals surface area (Å²) in [5, 5.41) is 7.25. The van der Waals surface area contributed by atoms with Gasteiger partial charge in [0, 0.05) is 10.7 Å². The van der Waals surface area contributed by atoms with Crippen LogP contribution in [0, 0.1) is 0 Å². The lowest BCUT2D eigenvalue weighted by Gasteiger charge is -2.14. The quantitative estimate of drug-likeness (QED) is 0.142. The summed E-state index contributed by atoms with van der Waals surface area (Å²) in [6, 6.07) is 17.1. The third-order valence-electron chi connectivity index (χ3n) is 4.69. The number of anilines is 1. The van der Waals surface area contributed by atoms with Gasteiger partial charge in [0.1, 0.15) is 19.0 Å². The second-order valence-electron chi connectivity index (χ2n) is 7.46. The number of hydrazone groups is 1. The lowest BCUT2D eigenvalue weighted by Crippen LogP contribution is -2.32. The molecule has 0 heterocycles. The van der Waals surface area contributed by atoms with Gasteiger partial charge in [-0.2, -0.15) is 5.10 Å². The zero-order chi connectivity index (χ0) is 26.6. The van der Waals surface area contributed by atoms with E-state index in [1.165, 1.54) is 6.21 Å². The van der Waals surface area contributed by atoms with Gasteiger partial charge >= 0.3 is 11.8 Å². The third kappa shape index (κ3) is 8.56. The molecule has 10 heteroatoms. The van der Waals surface area contributed by atoms with Gasteiger partial charge in [0.2, 0.25) is 0 Å². The molecular weight excluding hydrogens is 517 g/mol. The molecule has 2 amide bonds. The minimum atomic E-state index is -0.942. The molecule has 8 nitrogen and oxygen atoms in total. The highest BCUT2D eigenvalue weighted by Crippen LogP contribution is 2.37. The first kappa shape index (κ1) is 27.6. The molecule has 0 spiro atoms. The van der Waals surface area contributed by atoms with Crippen molar-refractivity contribution in [1.29, 1.82) is 0 Å². The zero-order valence-electron chi connectivity index (χ0n) is 20.0. The van der Waals surface area contributed by atoms with Crippen molar-refractivity contribution in [2.45, 2.75) is 13.5 Å². The third-order valence-corrected chi connectivity index (χ3v) is 5.23. The van der Waals surface area contributed by atoms with Gasteiger partial charge < -0.3 is 19.5 Å². The van der Waals surface area contributed by atoms with E-state index in [1.807, 2.05) is 19.1 Å². The highest BCUT2D eigenvalue weighted by molar-refractivity contribution is 6.39. The van der Waals surface area contributed by atoms with E-state index in [1.54, 1.807) is 54.6 Å². The normalized spacial score (nSPS) is 10.6. The SMILES string of the molecule is C=CCOc1ccc(NC(=O)C(=O)N/N=C\c2cc(Cl)c(OCc3ccc(Cl)cc3)c(OCC)c2)cc1. The summed E-state index contributed by atoms with van der Waals surface area (Å²) in [5.74, 6) is -0.424. The molecule has 0 aliphatic carbocycles. The Bertz CT molecular complexity index is 1260. The maximum absolute atomic E-state index is 12.2. The van der Waals surface area contributed by atoms with Crippen molar-refractivity contribution in [3.8, 4) is 17.2 Å². The number of carbonyl (C=O) groups is 2. The van der Waals surface area contributed by atoms with E-state index in [-0.39, 0.29) is 6.61 Å². The van der Waals surface area contributed by atoms with E-state index in [0.717, 1.165) is 5.56 Å². The second kappa shape index (κ2) is 13.9. The molecule has 3 rings (SSSR count). The van der Waals surface area contributed by atoms with Gasteiger partial charge in [-0.15, -0.1) is 0 Å². The summed E-state index contributed by atoms with van der Waals surface area (Å²) in [6.07, 6.45) is 2.96. The number of ether oxygens (including phenoxy) is 3. The van der Waals surface area contributed by atoms with Gasteiger partial charge in [0.15, 0.2) is 11.5 Å². The monoisotopic (exact) mass is 541 g/mol. The lowest BCUT2D eigenvalue weighted by molar-refractivity contribution is -0.136. The van der Waals surface area contributed by atoms with Crippen LogP contribution >= 0.6 is 23.2 Å². The van der Waals surface area contributed by atoms with Crippen LogP contribution in [0.3, 0.4) is 0 Å². The molecule has 3 aromatic rings. The van der Waals surface area contributed by atoms with E-state index in [4.69, 9.17) is 37.4 Å². The summed E-state index contributed by atoms with van der Waals surface area (Å²) >= 11 is 12.4. The first-order valence-electron chi connectivity index (χ1n) is 11.2. The van der Waals surface area contributed by atoms with Crippen LogP contribution in [0.15, 0.2) is 78.4 Å². The van der Waals surface area contributed by atoms with Gasteiger partial charge in [-0.1, -0.05) is 48.0 Å². The Morgan fingerprint density at radius 1 is 0.973 bits per heavy atom. The minimum absolute atomic E-state index is 0.264. The summed E-state index contributed by atoms with van der Waals surface area (Å²) in [4.78, 5) is 24.3. The van der Waals surface area contributed by atoms with Crippen LogP contribution in [0.25, 0.3) is 0 Å². The zero-order valence-corrected chi connectivity index (χ0v) is 21.5. The number of nitrogens with one attached hydrogen (secondary N) is 2. The molecule has 192 valence electrons. The maximum atomic E-state index is 12.2. The largest absolute Gasteiger partial charge is 0.490 e. The Labute approximate surface area is 224 Å². The molecule has 0 saturated heterocycles. The Kier molecular flexibility index (Phi) is 10.4. The van der Waals surface area contributed by atoms with Gasteiger partial charge in [-0.25, -0.2) is 5.43 Å². The molecule has 0 radical (unpaired) electrons. The fraction of sp³-hybridized carbons (Fsp3) is 0.148. The summed E-state index contributed by atoms with van der Waals surface area (Å²) in [7, 11) is 0. The van der Waals surface area contributed by atoms with Crippen molar-refractivity contribution >= 4 is 46.9 Å². The van der Waals surface area contributed by atoms with Gasteiger partial charge in [0.25, 0.3) is 0 Å². The molecule has 0 saturated carbocycles. The first-order chi connectivity index (χ1) is 17.9. The molecule has 0 atom stereocenters. The molecule has 0 unspecified atom stereocenters. The number of carbonyl (C=O) groups excluding carboxylic acids is 2. The van der Waals surface area contributed by atoms with Crippen molar-refractivity contribution in [1.82, 2.24) is 5.43 Å². The van der Waals surface area contributed by atoms with Gasteiger partial charge in [0.05, 0.1) is 17.8 Å². The Morgan fingerprint density at radius 3 is 2.38 bits per heavy atom. The van der Waals surface area contributed by atoms with E-state index in [2.05, 4.69) is 22.4 Å². The van der Waals surface area contributed by atoms with Crippen LogP contribution in [0.5, 0.6) is 17.2 Å². The Balaban J connectivity index is 1.59. The van der Waals surface area contributed by atoms with Crippen molar-refractivity contribution in [2.75, 3.05) is 18.5 Å². The highest BCUT2D eigenvalue weighted by Gasteiger charge is 2.14. The van der Waals surface area contributed by atoms with Crippen molar-refractivity contribution in [2.24, 2.45) is 5.10 Å². The predicted molar refractivity (Wildman–Crippen MR) is 145 cm³/mol. The number of rotatable bonds is 11. The summed E-state index contributed by atoms with van der Waals surface area (Å²) < 4.78 is 16.9. The fourth-order valence-electron chi connectivity index (χ4n) is 3.00. The number of amides is 2. The van der Waals surface area contributed by atoms with Crippen molar-refractivity contribution < 1.29 is 23.8 Å². The number of benzene rings is 3. The smallest absolute Gasteiger partial charge is 0.329 e. The molecule has 0 bridgehead atoms. The van der Waals surface area contributed by atoms with Crippen LogP contribution in [0.4, 0.5) is 5.69 Å². The standard InChI is InChI=1S/C27H25Cl2N3O5/c1-3-13-36-22-11-9-21(10-12-22)31-26(33)27(34)32-30-16-19-14-23(29)25(24(15-19)35-4-2)37-17-18-5-7-20(28)8-6-18/h3,5-12,14-16H,1,4,13,17H2,2H3,(H,31,33)(H,32,34)/b30-16-. The van der Waals surface area contributed by atoms with Gasteiger partial charge in [-0.3, -0.25) is 9.59 Å². The van der Waals surface area contributed by atoms with E-state index < -0.39 is 11.8 Å². The van der Waals surface area contributed by atoms with E-state index in [0.29, 0.717) is 51.8 Å². The Hall–Kier alpha value is -4.01. The second-order valence-corrected chi connectivity index (χ2v) is 8.30. The topological polar surface area (TPSA) is 98.2 Å². The molecular formula is C27H25Cl2N3O5. The van der Waals surface area contributed by atoms with Crippen LogP contribution in [0.1, 0.15) is 18.1 Å². The average molecular weight is 542 g/mol. The first-order valence-corrected chi connectivity index (χ1v) is 12.0. The van der Waals surface area contributed by atoms with Crippen LogP contribution in [-0.4, -0.2) is 31.2 Å². The molecule has 0 aliphatic heterocycles. The van der Waals surface area contributed by atoms with Crippen molar-refractivity contribution in [3.63, 3.8) is 0 Å². The van der Waals surface area contributed by atoms with E-state index in [9.17, 15) is 9.59 Å². The molecule has 2 N–H and O–H groups in total. The predicted octanol–water partition coefficient (Wildman–Crippen LogP) is 5.62. The van der Waals surface area contributed by atoms with Gasteiger partial charge in [-0.05, 0) is 66.6 Å². The number of hydrogen-bond donors (Lipinski definition) is 2. The van der Waals surface area contributed by atoms with Crippen LogP contribution < -0.4 is 25.0 Å². The lowest BCUT2D eigenvalue weighted by atomic mass is 10.2. The molecule has 37 heavy (non-hydrogen) atoms. The maximum Gasteiger partial charge on any atom is 0.329 e. The fourth-order valence-corrected chi connectivity index (χ4v) is 3.39. The summed E-state index contributed by atoms with van der Waals surface area (Å²) in [6.45, 7) is 6.42. The Morgan fingerprint density at radius 2 is 1.70 bits per heavy atom. The molecule has 0 fully saturated rings. The van der Waals surface area contributed by atoms with Crippen molar-refractivity contribution in [3.05, 3.63) is 94.5 Å².